The number of hydrogen-bond acceptors (Lipinski definition) is 1. The summed E-state index contributed by atoms with van der Waals surface area (Å²) in [4.78, 5) is 0. The van der Waals surface area contributed by atoms with Crippen LogP contribution >= 0.6 is 0 Å². The van der Waals surface area contributed by atoms with Crippen LogP contribution in [0.3, 0.4) is 0 Å². The maximum absolute atomic E-state index is 3.43. The Morgan fingerprint density at radius 2 is 2.00 bits per heavy atom. The lowest BCUT2D eigenvalue weighted by molar-refractivity contribution is 0.481. The van der Waals surface area contributed by atoms with E-state index in [1.807, 2.05) is 0 Å². The standard InChI is InChI=1S/C7H13N/c1-2-5-3-6-7(4-5)8-6/h5-8H,2-4H2,1H3. The van der Waals surface area contributed by atoms with Gasteiger partial charge in [-0.05, 0) is 18.8 Å². The van der Waals surface area contributed by atoms with Crippen LogP contribution in [-0.4, -0.2) is 12.1 Å². The van der Waals surface area contributed by atoms with E-state index in [4.69, 9.17) is 0 Å². The summed E-state index contributed by atoms with van der Waals surface area (Å²) >= 11 is 0. The summed E-state index contributed by atoms with van der Waals surface area (Å²) in [5.74, 6) is 1.06. The molecule has 1 saturated heterocycles. The molecule has 1 heteroatoms. The lowest BCUT2D eigenvalue weighted by Crippen LogP contribution is -2.02. The van der Waals surface area contributed by atoms with Crippen molar-refractivity contribution in [1.82, 2.24) is 5.32 Å². The summed E-state index contributed by atoms with van der Waals surface area (Å²) in [5.41, 5.74) is 0. The van der Waals surface area contributed by atoms with Crippen LogP contribution in [0.15, 0.2) is 0 Å². The van der Waals surface area contributed by atoms with Crippen LogP contribution in [0.4, 0.5) is 0 Å². The van der Waals surface area contributed by atoms with Crippen LogP contribution in [0.25, 0.3) is 0 Å². The van der Waals surface area contributed by atoms with Gasteiger partial charge in [-0.25, -0.2) is 0 Å². The Bertz CT molecular complexity index is 90.6. The monoisotopic (exact) mass is 111 g/mol. The molecule has 0 amide bonds. The molecule has 0 aromatic rings. The number of hydrogen-bond donors (Lipinski definition) is 1. The molecular weight excluding hydrogens is 98.1 g/mol. The second-order valence-corrected chi connectivity index (χ2v) is 3.13. The van der Waals surface area contributed by atoms with E-state index in [0.29, 0.717) is 0 Å². The largest absolute Gasteiger partial charge is 0.308 e. The Morgan fingerprint density at radius 3 is 2.38 bits per heavy atom. The number of rotatable bonds is 1. The molecule has 8 heavy (non-hydrogen) atoms. The number of nitrogens with one attached hydrogen (secondary N) is 1. The highest BCUT2D eigenvalue weighted by atomic mass is 15.2. The Hall–Kier alpha value is -0.0400. The summed E-state index contributed by atoms with van der Waals surface area (Å²) in [6, 6.07) is 1.89. The van der Waals surface area contributed by atoms with E-state index >= 15 is 0 Å². The van der Waals surface area contributed by atoms with Gasteiger partial charge in [0.1, 0.15) is 0 Å². The van der Waals surface area contributed by atoms with Crippen molar-refractivity contribution in [3.63, 3.8) is 0 Å². The van der Waals surface area contributed by atoms with Crippen LogP contribution in [0.1, 0.15) is 26.2 Å². The molecule has 0 bridgehead atoms. The average Bonchev–Trinajstić information content (AvgIpc) is 2.40. The van der Waals surface area contributed by atoms with Gasteiger partial charge in [-0.2, -0.15) is 0 Å². The average molecular weight is 111 g/mol. The fourth-order valence-electron chi connectivity index (χ4n) is 1.83. The molecule has 1 heterocycles. The molecule has 0 aromatic carbocycles. The minimum absolute atomic E-state index is 0.944. The van der Waals surface area contributed by atoms with Crippen molar-refractivity contribution in [3.8, 4) is 0 Å². The molecule has 0 aromatic heterocycles. The minimum Gasteiger partial charge on any atom is -0.308 e. The van der Waals surface area contributed by atoms with Gasteiger partial charge in [0.2, 0.25) is 0 Å². The second kappa shape index (κ2) is 1.47. The summed E-state index contributed by atoms with van der Waals surface area (Å²) in [6.45, 7) is 2.30. The molecule has 1 aliphatic heterocycles. The minimum atomic E-state index is 0.944. The first-order valence-electron chi connectivity index (χ1n) is 3.66. The van der Waals surface area contributed by atoms with Crippen molar-refractivity contribution in [2.75, 3.05) is 0 Å². The Morgan fingerprint density at radius 1 is 1.38 bits per heavy atom. The first-order chi connectivity index (χ1) is 3.90. The first-order valence-corrected chi connectivity index (χ1v) is 3.66. The van der Waals surface area contributed by atoms with E-state index in [2.05, 4.69) is 12.2 Å². The van der Waals surface area contributed by atoms with Crippen molar-refractivity contribution in [2.24, 2.45) is 5.92 Å². The van der Waals surface area contributed by atoms with Crippen molar-refractivity contribution in [1.29, 1.82) is 0 Å². The van der Waals surface area contributed by atoms with Crippen LogP contribution in [0.5, 0.6) is 0 Å². The molecule has 2 unspecified atom stereocenters. The lowest BCUT2D eigenvalue weighted by atomic mass is 10.0. The van der Waals surface area contributed by atoms with Gasteiger partial charge in [-0.15, -0.1) is 0 Å². The summed E-state index contributed by atoms with van der Waals surface area (Å²) in [7, 11) is 0. The molecular formula is C7H13N. The maximum atomic E-state index is 3.43. The van der Waals surface area contributed by atoms with Gasteiger partial charge in [-0.1, -0.05) is 13.3 Å². The number of fused-ring (bicyclic) bond motifs is 1. The molecule has 2 atom stereocenters. The third kappa shape index (κ3) is 0.576. The van der Waals surface area contributed by atoms with E-state index in [9.17, 15) is 0 Å². The van der Waals surface area contributed by atoms with E-state index < -0.39 is 0 Å². The Kier molecular flexibility index (Phi) is 0.884. The van der Waals surface area contributed by atoms with E-state index in [0.717, 1.165) is 18.0 Å². The van der Waals surface area contributed by atoms with Crippen molar-refractivity contribution in [2.45, 2.75) is 38.3 Å². The molecule has 1 aliphatic carbocycles. The van der Waals surface area contributed by atoms with Gasteiger partial charge >= 0.3 is 0 Å². The lowest BCUT2D eigenvalue weighted by Gasteiger charge is -2.05. The molecule has 1 saturated carbocycles. The van der Waals surface area contributed by atoms with Crippen LogP contribution in [0, 0.1) is 5.92 Å². The molecule has 1 nitrogen and oxygen atoms in total. The molecule has 2 rings (SSSR count). The summed E-state index contributed by atoms with van der Waals surface area (Å²) < 4.78 is 0. The highest BCUT2D eigenvalue weighted by Gasteiger charge is 2.44. The fourth-order valence-corrected chi connectivity index (χ4v) is 1.83. The molecule has 2 aliphatic rings. The smallest absolute Gasteiger partial charge is 0.0227 e. The van der Waals surface area contributed by atoms with Gasteiger partial charge in [0.15, 0.2) is 0 Å². The van der Waals surface area contributed by atoms with Crippen molar-refractivity contribution < 1.29 is 0 Å². The van der Waals surface area contributed by atoms with Gasteiger partial charge in [-0.3, -0.25) is 0 Å². The molecule has 0 radical (unpaired) electrons. The third-order valence-corrected chi connectivity index (χ3v) is 2.56. The van der Waals surface area contributed by atoms with Gasteiger partial charge < -0.3 is 5.32 Å². The van der Waals surface area contributed by atoms with E-state index in [1.54, 1.807) is 0 Å². The van der Waals surface area contributed by atoms with Crippen LogP contribution in [-0.2, 0) is 0 Å². The quantitative estimate of drug-likeness (QED) is 0.504. The van der Waals surface area contributed by atoms with E-state index in [-0.39, 0.29) is 0 Å². The zero-order valence-corrected chi connectivity index (χ0v) is 5.35. The predicted octanol–water partition coefficient (Wildman–Crippen LogP) is 1.15. The summed E-state index contributed by atoms with van der Waals surface area (Å²) in [6.07, 6.45) is 4.32. The Labute approximate surface area is 50.5 Å². The van der Waals surface area contributed by atoms with Gasteiger partial charge in [0.05, 0.1) is 0 Å². The highest BCUT2D eigenvalue weighted by molar-refractivity contribution is 5.05. The topological polar surface area (TPSA) is 21.9 Å². The highest BCUT2D eigenvalue weighted by Crippen LogP contribution is 2.36. The first kappa shape index (κ1) is 4.80. The normalized spacial score (nSPS) is 51.4. The third-order valence-electron chi connectivity index (χ3n) is 2.56. The zero-order valence-electron chi connectivity index (χ0n) is 5.35. The molecule has 1 N–H and O–H groups in total. The molecule has 0 spiro atoms. The predicted molar refractivity (Wildman–Crippen MR) is 33.7 cm³/mol. The van der Waals surface area contributed by atoms with Gasteiger partial charge in [0, 0.05) is 12.1 Å². The number of piperidine rings is 1. The Balaban J connectivity index is 1.89. The van der Waals surface area contributed by atoms with Crippen LogP contribution < -0.4 is 5.32 Å². The molecule has 46 valence electrons. The van der Waals surface area contributed by atoms with Crippen LogP contribution in [0.2, 0.25) is 0 Å². The second-order valence-electron chi connectivity index (χ2n) is 3.13. The zero-order chi connectivity index (χ0) is 5.56. The van der Waals surface area contributed by atoms with E-state index in [1.165, 1.54) is 19.3 Å². The fraction of sp³-hybridized carbons (Fsp3) is 1.00. The maximum Gasteiger partial charge on any atom is 0.0227 e. The van der Waals surface area contributed by atoms with Crippen molar-refractivity contribution in [3.05, 3.63) is 0 Å². The van der Waals surface area contributed by atoms with Gasteiger partial charge in [0.25, 0.3) is 0 Å². The van der Waals surface area contributed by atoms with Crippen molar-refractivity contribution >= 4 is 0 Å². The molecule has 2 fully saturated rings. The SMILES string of the molecule is CCC1CC2NC2C1. The summed E-state index contributed by atoms with van der Waals surface area (Å²) in [5, 5.41) is 3.43.